The van der Waals surface area contributed by atoms with E-state index in [-0.39, 0.29) is 12.2 Å². The van der Waals surface area contributed by atoms with Crippen molar-refractivity contribution in [1.29, 1.82) is 0 Å². The zero-order chi connectivity index (χ0) is 22.4. The Balaban J connectivity index is 1.54. The highest BCUT2D eigenvalue weighted by Crippen LogP contribution is 2.35. The number of allylic oxidation sites excluding steroid dienone is 1. The molecule has 32 heavy (non-hydrogen) atoms. The maximum absolute atomic E-state index is 13.3. The monoisotopic (exact) mass is 455 g/mol. The first kappa shape index (κ1) is 23.0. The van der Waals surface area contributed by atoms with Gasteiger partial charge in [-0.2, -0.15) is 0 Å². The average molecular weight is 456 g/mol. The van der Waals surface area contributed by atoms with Gasteiger partial charge < -0.3 is 9.47 Å². The topological polar surface area (TPSA) is 55.8 Å². The van der Waals surface area contributed by atoms with Gasteiger partial charge in [0, 0.05) is 25.3 Å². The highest BCUT2D eigenvalue weighted by atomic mass is 32.2. The normalized spacial score (nSPS) is 20.6. The summed E-state index contributed by atoms with van der Waals surface area (Å²) < 4.78 is 39.8. The molecule has 0 aliphatic carbocycles. The molecule has 1 fully saturated rings. The van der Waals surface area contributed by atoms with Crippen molar-refractivity contribution in [3.63, 3.8) is 0 Å². The van der Waals surface area contributed by atoms with Crippen molar-refractivity contribution in [3.05, 3.63) is 77.5 Å². The zero-order valence-electron chi connectivity index (χ0n) is 18.8. The van der Waals surface area contributed by atoms with Crippen molar-refractivity contribution >= 4 is 10.0 Å². The molecule has 0 amide bonds. The molecule has 0 saturated carbocycles. The van der Waals surface area contributed by atoms with Crippen molar-refractivity contribution in [2.45, 2.75) is 62.6 Å². The molecule has 0 bridgehead atoms. The number of hydrogen-bond donors (Lipinski definition) is 0. The fourth-order valence-corrected chi connectivity index (χ4v) is 5.86. The Bertz CT molecular complexity index is 996. The quantitative estimate of drug-likeness (QED) is 0.536. The second-order valence-electron chi connectivity index (χ2n) is 8.66. The van der Waals surface area contributed by atoms with Gasteiger partial charge in [-0.15, -0.1) is 0 Å². The first-order chi connectivity index (χ1) is 15.5. The summed E-state index contributed by atoms with van der Waals surface area (Å²) in [7, 11) is -3.56. The van der Waals surface area contributed by atoms with E-state index in [1.807, 2.05) is 43.5 Å². The molecule has 2 aliphatic heterocycles. The van der Waals surface area contributed by atoms with Crippen molar-refractivity contribution in [2.24, 2.45) is 0 Å². The molecule has 2 heterocycles. The van der Waals surface area contributed by atoms with Crippen LogP contribution < -0.4 is 0 Å². The Kier molecular flexibility index (Phi) is 7.66. The molecule has 0 radical (unpaired) electrons. The third-order valence-electron chi connectivity index (χ3n) is 6.28. The summed E-state index contributed by atoms with van der Waals surface area (Å²) in [5.41, 5.74) is 3.39. The molecule has 6 heteroatoms. The van der Waals surface area contributed by atoms with Gasteiger partial charge in [-0.05, 0) is 68.7 Å². The van der Waals surface area contributed by atoms with E-state index >= 15 is 0 Å². The second-order valence-corrected chi connectivity index (χ2v) is 10.5. The minimum atomic E-state index is -3.56. The Hall–Kier alpha value is -2.15. The number of ether oxygens (including phenoxy) is 2. The van der Waals surface area contributed by atoms with Crippen LogP contribution in [-0.2, 0) is 19.5 Å². The summed E-state index contributed by atoms with van der Waals surface area (Å²) in [6, 6.07) is 17.4. The van der Waals surface area contributed by atoms with Crippen molar-refractivity contribution in [1.82, 2.24) is 4.31 Å². The minimum Gasteiger partial charge on any atom is -0.353 e. The molecule has 2 unspecified atom stereocenters. The van der Waals surface area contributed by atoms with Gasteiger partial charge in [0.05, 0.1) is 11.5 Å². The smallest absolute Gasteiger partial charge is 0.263 e. The van der Waals surface area contributed by atoms with Gasteiger partial charge in [-0.3, -0.25) is 4.31 Å². The van der Waals surface area contributed by atoms with Crippen LogP contribution in [0.25, 0.3) is 0 Å². The molecular weight excluding hydrogens is 422 g/mol. The summed E-state index contributed by atoms with van der Waals surface area (Å²) >= 11 is 0. The van der Waals surface area contributed by atoms with E-state index in [9.17, 15) is 8.42 Å². The van der Waals surface area contributed by atoms with E-state index in [0.717, 1.165) is 56.3 Å². The van der Waals surface area contributed by atoms with Gasteiger partial charge >= 0.3 is 0 Å². The van der Waals surface area contributed by atoms with Crippen molar-refractivity contribution in [3.8, 4) is 0 Å². The van der Waals surface area contributed by atoms with Gasteiger partial charge in [0.25, 0.3) is 10.0 Å². The standard InChI is InChI=1S/C26H33NO4S/c1-21-12-14-24(15-13-21)32(28,29)27-17-7-10-23(20-27)25(22-8-3-2-4-9-22)16-19-31-26-11-5-6-18-30-26/h2-4,8-9,12-15,20,25-26H,5-7,10-11,16-19H2,1H3. The lowest BCUT2D eigenvalue weighted by atomic mass is 9.85. The van der Waals surface area contributed by atoms with E-state index in [1.54, 1.807) is 12.1 Å². The highest BCUT2D eigenvalue weighted by molar-refractivity contribution is 7.89. The largest absolute Gasteiger partial charge is 0.353 e. The molecule has 4 rings (SSSR count). The third-order valence-corrected chi connectivity index (χ3v) is 8.05. The van der Waals surface area contributed by atoms with Crippen LogP contribution in [0.2, 0.25) is 0 Å². The number of benzene rings is 2. The molecule has 2 aromatic carbocycles. The Morgan fingerprint density at radius 3 is 2.56 bits per heavy atom. The summed E-state index contributed by atoms with van der Waals surface area (Å²) in [6.07, 6.45) is 7.45. The fourth-order valence-electron chi connectivity index (χ4n) is 4.46. The van der Waals surface area contributed by atoms with Crippen LogP contribution in [0.3, 0.4) is 0 Å². The molecule has 2 aromatic rings. The maximum atomic E-state index is 13.3. The number of sulfonamides is 1. The van der Waals surface area contributed by atoms with Crippen LogP contribution >= 0.6 is 0 Å². The first-order valence-electron chi connectivity index (χ1n) is 11.6. The number of aryl methyl sites for hydroxylation is 1. The van der Waals surface area contributed by atoms with Gasteiger partial charge in [0.1, 0.15) is 0 Å². The molecule has 5 nitrogen and oxygen atoms in total. The van der Waals surface area contributed by atoms with E-state index < -0.39 is 10.0 Å². The zero-order valence-corrected chi connectivity index (χ0v) is 19.6. The lowest BCUT2D eigenvalue weighted by Gasteiger charge is -2.31. The van der Waals surface area contributed by atoms with E-state index in [0.29, 0.717) is 18.0 Å². The van der Waals surface area contributed by atoms with Crippen LogP contribution in [-0.4, -0.2) is 38.8 Å². The summed E-state index contributed by atoms with van der Waals surface area (Å²) in [5, 5.41) is 0. The maximum Gasteiger partial charge on any atom is 0.263 e. The van der Waals surface area contributed by atoms with Crippen LogP contribution in [0.5, 0.6) is 0 Å². The van der Waals surface area contributed by atoms with Crippen LogP contribution in [0.15, 0.2) is 71.3 Å². The number of hydrogen-bond acceptors (Lipinski definition) is 4. The van der Waals surface area contributed by atoms with Crippen molar-refractivity contribution in [2.75, 3.05) is 19.8 Å². The van der Waals surface area contributed by atoms with Gasteiger partial charge in [-0.25, -0.2) is 8.42 Å². The third kappa shape index (κ3) is 5.61. The Morgan fingerprint density at radius 1 is 1.06 bits per heavy atom. The number of nitrogens with zero attached hydrogens (tertiary/aromatic N) is 1. The molecule has 172 valence electrons. The average Bonchev–Trinajstić information content (AvgIpc) is 2.83. The van der Waals surface area contributed by atoms with Gasteiger partial charge in [0.2, 0.25) is 0 Å². The second kappa shape index (κ2) is 10.6. The number of rotatable bonds is 8. The van der Waals surface area contributed by atoms with Crippen LogP contribution in [0.1, 0.15) is 55.6 Å². The predicted molar refractivity (Wildman–Crippen MR) is 126 cm³/mol. The fraction of sp³-hybridized carbons (Fsp3) is 0.462. The highest BCUT2D eigenvalue weighted by Gasteiger charge is 2.28. The van der Waals surface area contributed by atoms with Crippen molar-refractivity contribution < 1.29 is 17.9 Å². The molecular formula is C26H33NO4S. The lowest BCUT2D eigenvalue weighted by molar-refractivity contribution is -0.163. The Morgan fingerprint density at radius 2 is 1.84 bits per heavy atom. The summed E-state index contributed by atoms with van der Waals surface area (Å²) in [4.78, 5) is 0.342. The van der Waals surface area contributed by atoms with Gasteiger partial charge in [0.15, 0.2) is 6.29 Å². The van der Waals surface area contributed by atoms with Gasteiger partial charge in [-0.1, -0.05) is 48.0 Å². The van der Waals surface area contributed by atoms with E-state index in [4.69, 9.17) is 9.47 Å². The Labute approximate surface area is 192 Å². The van der Waals surface area contributed by atoms with Crippen LogP contribution in [0, 0.1) is 6.92 Å². The summed E-state index contributed by atoms with van der Waals surface area (Å²) in [6.45, 7) is 3.82. The molecule has 0 aromatic heterocycles. The molecule has 0 N–H and O–H groups in total. The minimum absolute atomic E-state index is 0.112. The summed E-state index contributed by atoms with van der Waals surface area (Å²) in [5.74, 6) is 0.121. The molecule has 0 spiro atoms. The molecule has 2 atom stereocenters. The lowest BCUT2D eigenvalue weighted by Crippen LogP contribution is -2.31. The molecule has 2 aliphatic rings. The SMILES string of the molecule is Cc1ccc(S(=O)(=O)N2C=C(C(CCOC3CCCCO3)c3ccccc3)CCC2)cc1. The molecule has 1 saturated heterocycles. The van der Waals surface area contributed by atoms with Crippen LogP contribution in [0.4, 0.5) is 0 Å². The predicted octanol–water partition coefficient (Wildman–Crippen LogP) is 5.38. The van der Waals surface area contributed by atoms with E-state index in [2.05, 4.69) is 12.1 Å². The first-order valence-corrected chi connectivity index (χ1v) is 13.1. The van der Waals surface area contributed by atoms with E-state index in [1.165, 1.54) is 9.87 Å².